The average molecular weight is 462 g/mol. The number of likely N-dealkylation sites (N-methyl/N-ethyl adjacent to an activating group) is 1. The summed E-state index contributed by atoms with van der Waals surface area (Å²) >= 11 is 0. The van der Waals surface area contributed by atoms with Crippen LogP contribution in [-0.4, -0.2) is 62.5 Å². The molecule has 1 unspecified atom stereocenters. The van der Waals surface area contributed by atoms with Gasteiger partial charge in [-0.2, -0.15) is 5.10 Å². The lowest BCUT2D eigenvalue weighted by molar-refractivity contribution is -0.125. The van der Waals surface area contributed by atoms with E-state index in [1.807, 2.05) is 31.2 Å². The molecule has 3 N–H and O–H groups in total. The molecule has 0 saturated carbocycles. The molecule has 1 fully saturated rings. The molecule has 9 heteroatoms. The van der Waals surface area contributed by atoms with Crippen molar-refractivity contribution in [1.82, 2.24) is 25.3 Å². The highest BCUT2D eigenvalue weighted by molar-refractivity contribution is 6.09. The molecule has 1 aromatic heterocycles. The summed E-state index contributed by atoms with van der Waals surface area (Å²) in [4.78, 5) is 42.9. The first-order valence-electron chi connectivity index (χ1n) is 11.7. The first-order valence-corrected chi connectivity index (χ1v) is 11.7. The van der Waals surface area contributed by atoms with Crippen LogP contribution in [-0.2, 0) is 11.3 Å². The third-order valence-corrected chi connectivity index (χ3v) is 6.62. The van der Waals surface area contributed by atoms with E-state index in [1.165, 1.54) is 17.0 Å². The molecule has 9 nitrogen and oxygen atoms in total. The number of likely N-dealkylation sites (tertiary alicyclic amines) is 1. The number of hydrogen-bond donors (Lipinski definition) is 3. The summed E-state index contributed by atoms with van der Waals surface area (Å²) in [6.45, 7) is 3.87. The van der Waals surface area contributed by atoms with Crippen molar-refractivity contribution >= 4 is 28.6 Å². The number of nitrogens with one attached hydrogen (secondary N) is 2. The molecule has 2 aliphatic heterocycles. The van der Waals surface area contributed by atoms with Crippen LogP contribution in [0.5, 0.6) is 5.75 Å². The monoisotopic (exact) mass is 461 g/mol. The Morgan fingerprint density at radius 2 is 1.88 bits per heavy atom. The molecular formula is C25H27N5O4. The minimum Gasteiger partial charge on any atom is -0.507 e. The molecule has 3 aromatic rings. The lowest BCUT2D eigenvalue weighted by Gasteiger charge is -2.26. The maximum Gasteiger partial charge on any atom is 0.274 e. The van der Waals surface area contributed by atoms with Crippen molar-refractivity contribution in [3.8, 4) is 5.75 Å². The van der Waals surface area contributed by atoms with Gasteiger partial charge in [-0.1, -0.05) is 24.3 Å². The predicted octanol–water partition coefficient (Wildman–Crippen LogP) is 2.73. The quantitative estimate of drug-likeness (QED) is 0.552. The Labute approximate surface area is 196 Å². The zero-order valence-corrected chi connectivity index (χ0v) is 19.0. The van der Waals surface area contributed by atoms with Gasteiger partial charge < -0.3 is 20.2 Å². The zero-order chi connectivity index (χ0) is 23.8. The van der Waals surface area contributed by atoms with Crippen LogP contribution in [0.1, 0.15) is 64.2 Å². The Balaban J connectivity index is 1.52. The molecular weight excluding hydrogens is 434 g/mol. The first kappa shape index (κ1) is 21.9. The Morgan fingerprint density at radius 1 is 1.12 bits per heavy atom. The van der Waals surface area contributed by atoms with Gasteiger partial charge in [-0.3, -0.25) is 19.5 Å². The molecule has 1 atom stereocenters. The van der Waals surface area contributed by atoms with Crippen LogP contribution in [0.4, 0.5) is 0 Å². The Bertz CT molecular complexity index is 1280. The second-order valence-corrected chi connectivity index (χ2v) is 8.77. The van der Waals surface area contributed by atoms with Crippen LogP contribution in [0, 0.1) is 0 Å². The van der Waals surface area contributed by atoms with Crippen LogP contribution in [0.2, 0.25) is 0 Å². The van der Waals surface area contributed by atoms with Crippen LogP contribution in [0.25, 0.3) is 10.9 Å². The number of rotatable bonds is 4. The predicted molar refractivity (Wildman–Crippen MR) is 125 cm³/mol. The summed E-state index contributed by atoms with van der Waals surface area (Å²) in [5.74, 6) is -1.18. The third kappa shape index (κ3) is 3.67. The van der Waals surface area contributed by atoms with Gasteiger partial charge in [-0.15, -0.1) is 0 Å². The summed E-state index contributed by atoms with van der Waals surface area (Å²) < 4.78 is 0. The molecule has 0 aliphatic carbocycles. The average Bonchev–Trinajstić information content (AvgIpc) is 3.44. The van der Waals surface area contributed by atoms with E-state index in [0.29, 0.717) is 30.5 Å². The molecule has 2 aliphatic rings. The summed E-state index contributed by atoms with van der Waals surface area (Å²) in [5, 5.41) is 21.0. The number of phenolic OH excluding ortho intramolecular Hbond substituents is 1. The molecule has 1 saturated heterocycles. The van der Waals surface area contributed by atoms with Crippen molar-refractivity contribution in [3.63, 3.8) is 0 Å². The van der Waals surface area contributed by atoms with Crippen molar-refractivity contribution in [3.05, 3.63) is 58.8 Å². The van der Waals surface area contributed by atoms with Crippen LogP contribution in [0.3, 0.4) is 0 Å². The second-order valence-electron chi connectivity index (χ2n) is 8.77. The number of nitrogens with zero attached hydrogens (tertiary/aromatic N) is 3. The van der Waals surface area contributed by atoms with Gasteiger partial charge >= 0.3 is 0 Å². The number of benzene rings is 2. The molecule has 5 rings (SSSR count). The number of carbonyl (C=O) groups is 3. The summed E-state index contributed by atoms with van der Waals surface area (Å²) in [7, 11) is 0. The van der Waals surface area contributed by atoms with E-state index >= 15 is 0 Å². The van der Waals surface area contributed by atoms with Gasteiger partial charge in [0, 0.05) is 37.6 Å². The maximum atomic E-state index is 13.7. The Morgan fingerprint density at radius 3 is 2.65 bits per heavy atom. The molecule has 2 aromatic carbocycles. The van der Waals surface area contributed by atoms with Crippen molar-refractivity contribution in [2.75, 3.05) is 19.6 Å². The Kier molecular flexibility index (Phi) is 5.69. The third-order valence-electron chi connectivity index (χ3n) is 6.62. The van der Waals surface area contributed by atoms with E-state index in [0.717, 1.165) is 30.4 Å². The minimum atomic E-state index is -0.794. The van der Waals surface area contributed by atoms with E-state index < -0.39 is 11.9 Å². The van der Waals surface area contributed by atoms with Crippen molar-refractivity contribution in [2.45, 2.75) is 38.8 Å². The van der Waals surface area contributed by atoms with E-state index in [-0.39, 0.29) is 35.4 Å². The number of aromatic hydroxyl groups is 1. The number of fused-ring (bicyclic) bond motifs is 2. The maximum absolute atomic E-state index is 13.7. The van der Waals surface area contributed by atoms with Gasteiger partial charge in [0.05, 0.1) is 11.1 Å². The van der Waals surface area contributed by atoms with Crippen LogP contribution >= 0.6 is 0 Å². The number of piperidine rings is 1. The molecule has 34 heavy (non-hydrogen) atoms. The number of aromatic nitrogens is 2. The van der Waals surface area contributed by atoms with Crippen LogP contribution < -0.4 is 5.32 Å². The smallest absolute Gasteiger partial charge is 0.274 e. The van der Waals surface area contributed by atoms with E-state index in [9.17, 15) is 19.5 Å². The number of phenols is 1. The van der Waals surface area contributed by atoms with Crippen molar-refractivity contribution in [2.24, 2.45) is 0 Å². The normalized spacial score (nSPS) is 17.6. The van der Waals surface area contributed by atoms with E-state index in [1.54, 1.807) is 4.90 Å². The first-order chi connectivity index (χ1) is 16.5. The summed E-state index contributed by atoms with van der Waals surface area (Å²) in [5.41, 5.74) is 2.39. The molecule has 176 valence electrons. The fraction of sp³-hybridized carbons (Fsp3) is 0.360. The van der Waals surface area contributed by atoms with Gasteiger partial charge in [0.2, 0.25) is 5.91 Å². The molecule has 0 radical (unpaired) electrons. The Hall–Kier alpha value is -3.88. The zero-order valence-electron chi connectivity index (χ0n) is 19.0. The highest BCUT2D eigenvalue weighted by Crippen LogP contribution is 2.37. The topological polar surface area (TPSA) is 119 Å². The summed E-state index contributed by atoms with van der Waals surface area (Å²) in [6, 6.07) is 9.57. The number of hydrogen-bond acceptors (Lipinski definition) is 5. The van der Waals surface area contributed by atoms with E-state index in [4.69, 9.17) is 0 Å². The number of H-pyrrole nitrogens is 1. The standard InChI is InChI=1S/C25H27N5O4/c1-2-26-23(32)22-16-9-5-4-8-15(16)14-30(22)24(33)18-12-17-19(13-20(18)31)27-28-21(17)25(34)29-10-6-3-7-11-29/h4-5,8-9,12-13,22,31H,2-3,6-7,10-11,14H2,1H3,(H,26,32)(H,27,28). The fourth-order valence-corrected chi connectivity index (χ4v) is 4.92. The second kappa shape index (κ2) is 8.81. The van der Waals surface area contributed by atoms with Gasteiger partial charge in [0.1, 0.15) is 11.8 Å². The van der Waals surface area contributed by atoms with Gasteiger partial charge in [-0.05, 0) is 43.4 Å². The van der Waals surface area contributed by atoms with Crippen LogP contribution in [0.15, 0.2) is 36.4 Å². The number of aromatic amines is 1. The lowest BCUT2D eigenvalue weighted by Crippen LogP contribution is -2.39. The molecule has 3 amide bonds. The van der Waals surface area contributed by atoms with Gasteiger partial charge in [0.15, 0.2) is 5.69 Å². The largest absolute Gasteiger partial charge is 0.507 e. The highest BCUT2D eigenvalue weighted by Gasteiger charge is 2.39. The number of carbonyl (C=O) groups excluding carboxylic acids is 3. The highest BCUT2D eigenvalue weighted by atomic mass is 16.3. The minimum absolute atomic E-state index is 0.0312. The lowest BCUT2D eigenvalue weighted by atomic mass is 10.0. The fourth-order valence-electron chi connectivity index (χ4n) is 4.92. The summed E-state index contributed by atoms with van der Waals surface area (Å²) in [6.07, 6.45) is 3.01. The van der Waals surface area contributed by atoms with Crippen molar-refractivity contribution < 1.29 is 19.5 Å². The van der Waals surface area contributed by atoms with Crippen molar-refractivity contribution in [1.29, 1.82) is 0 Å². The SMILES string of the molecule is CCNC(=O)C1c2ccccc2CN1C(=O)c1cc2c(C(=O)N3CCCCC3)n[nH]c2cc1O. The number of amides is 3. The molecule has 3 heterocycles. The van der Waals surface area contributed by atoms with E-state index in [2.05, 4.69) is 15.5 Å². The molecule has 0 spiro atoms. The van der Waals surface area contributed by atoms with Gasteiger partial charge in [0.25, 0.3) is 11.8 Å². The van der Waals surface area contributed by atoms with Gasteiger partial charge in [-0.25, -0.2) is 0 Å². The molecule has 0 bridgehead atoms.